The van der Waals surface area contributed by atoms with Gasteiger partial charge in [0.1, 0.15) is 0 Å². The van der Waals surface area contributed by atoms with Crippen molar-refractivity contribution >= 4 is 24.0 Å². The third kappa shape index (κ3) is 2.16. The summed E-state index contributed by atoms with van der Waals surface area (Å²) in [7, 11) is 0. The van der Waals surface area contributed by atoms with E-state index in [1.165, 1.54) is 0 Å². The van der Waals surface area contributed by atoms with Gasteiger partial charge in [0.25, 0.3) is 0 Å². The van der Waals surface area contributed by atoms with Crippen LogP contribution in [-0.4, -0.2) is 18.2 Å². The Bertz CT molecular complexity index is 460. The number of hydrogen-bond acceptors (Lipinski definition) is 4. The Kier molecular flexibility index (Phi) is 2.89. The Balaban J connectivity index is 0.00000108. The molecular formula is C11H13ClN2O3. The molecule has 0 spiro atoms. The normalized spacial score (nSPS) is 18.2. The molecule has 0 atom stereocenters. The van der Waals surface area contributed by atoms with Crippen molar-refractivity contribution in [3.05, 3.63) is 18.2 Å². The van der Waals surface area contributed by atoms with E-state index in [-0.39, 0.29) is 25.1 Å². The van der Waals surface area contributed by atoms with E-state index in [9.17, 15) is 4.79 Å². The molecule has 1 aliphatic carbocycles. The highest BCUT2D eigenvalue weighted by molar-refractivity contribution is 6.00. The summed E-state index contributed by atoms with van der Waals surface area (Å²) in [6, 6.07) is 5.29. The maximum atomic E-state index is 11.7. The van der Waals surface area contributed by atoms with Gasteiger partial charge in [0.2, 0.25) is 12.7 Å². The molecule has 1 aromatic rings. The van der Waals surface area contributed by atoms with Crippen LogP contribution in [0.1, 0.15) is 12.8 Å². The molecule has 1 heterocycles. The highest BCUT2D eigenvalue weighted by atomic mass is 35.5. The van der Waals surface area contributed by atoms with Crippen LogP contribution in [0.4, 0.5) is 5.69 Å². The first-order valence-corrected chi connectivity index (χ1v) is 5.17. The van der Waals surface area contributed by atoms with E-state index in [1.807, 2.05) is 0 Å². The second-order valence-electron chi connectivity index (χ2n) is 4.18. The number of nitrogens with two attached hydrogens (primary N) is 1. The van der Waals surface area contributed by atoms with Crippen LogP contribution in [-0.2, 0) is 4.79 Å². The van der Waals surface area contributed by atoms with Gasteiger partial charge in [0.05, 0.1) is 5.54 Å². The van der Waals surface area contributed by atoms with E-state index in [0.717, 1.165) is 12.8 Å². The van der Waals surface area contributed by atoms with Gasteiger partial charge >= 0.3 is 0 Å². The SMILES string of the molecule is Cl.NC1(C(=O)Nc2ccc3c(c2)OCO3)CC1. The van der Waals surface area contributed by atoms with E-state index in [0.29, 0.717) is 17.2 Å². The highest BCUT2D eigenvalue weighted by Crippen LogP contribution is 2.36. The molecule has 17 heavy (non-hydrogen) atoms. The standard InChI is InChI=1S/C11H12N2O3.ClH/c12-11(3-4-11)10(14)13-7-1-2-8-9(5-7)16-6-15-8;/h1-2,5H,3-4,6,12H2,(H,13,14);1H. The predicted octanol–water partition coefficient (Wildman–Crippen LogP) is 1.27. The van der Waals surface area contributed by atoms with Crippen LogP contribution in [0.5, 0.6) is 11.5 Å². The lowest BCUT2D eigenvalue weighted by Gasteiger charge is -2.10. The van der Waals surface area contributed by atoms with Gasteiger partial charge in [-0.15, -0.1) is 12.4 Å². The fourth-order valence-electron chi connectivity index (χ4n) is 1.59. The Morgan fingerprint density at radius 1 is 1.29 bits per heavy atom. The summed E-state index contributed by atoms with van der Waals surface area (Å²) in [6.45, 7) is 0.230. The van der Waals surface area contributed by atoms with Crippen LogP contribution in [0, 0.1) is 0 Å². The molecule has 3 N–H and O–H groups in total. The molecule has 1 aromatic carbocycles. The molecule has 6 heteroatoms. The van der Waals surface area contributed by atoms with Gasteiger partial charge in [-0.1, -0.05) is 0 Å². The van der Waals surface area contributed by atoms with Crippen molar-refractivity contribution in [3.8, 4) is 11.5 Å². The summed E-state index contributed by atoms with van der Waals surface area (Å²) >= 11 is 0. The average Bonchev–Trinajstić information content (AvgIpc) is 2.87. The van der Waals surface area contributed by atoms with Crippen molar-refractivity contribution in [2.75, 3.05) is 12.1 Å². The van der Waals surface area contributed by atoms with Crippen LogP contribution in [0.25, 0.3) is 0 Å². The van der Waals surface area contributed by atoms with Gasteiger partial charge in [-0.2, -0.15) is 0 Å². The van der Waals surface area contributed by atoms with Crippen LogP contribution >= 0.6 is 12.4 Å². The summed E-state index contributed by atoms with van der Waals surface area (Å²) in [6.07, 6.45) is 1.51. The summed E-state index contributed by atoms with van der Waals surface area (Å²) in [5.41, 5.74) is 5.81. The molecule has 5 nitrogen and oxygen atoms in total. The maximum absolute atomic E-state index is 11.7. The van der Waals surface area contributed by atoms with E-state index in [1.54, 1.807) is 18.2 Å². The van der Waals surface area contributed by atoms with Crippen molar-refractivity contribution in [2.24, 2.45) is 5.73 Å². The monoisotopic (exact) mass is 256 g/mol. The van der Waals surface area contributed by atoms with E-state index in [2.05, 4.69) is 5.32 Å². The van der Waals surface area contributed by atoms with Crippen LogP contribution in [0.15, 0.2) is 18.2 Å². The number of anilines is 1. The van der Waals surface area contributed by atoms with Gasteiger partial charge in [-0.25, -0.2) is 0 Å². The molecule has 0 radical (unpaired) electrons. The first-order chi connectivity index (χ1) is 7.67. The molecule has 0 saturated heterocycles. The predicted molar refractivity (Wildman–Crippen MR) is 64.6 cm³/mol. The Morgan fingerprint density at radius 3 is 2.71 bits per heavy atom. The zero-order valence-corrected chi connectivity index (χ0v) is 9.88. The molecule has 3 rings (SSSR count). The smallest absolute Gasteiger partial charge is 0.244 e. The number of hydrogen-bond donors (Lipinski definition) is 2. The molecule has 1 fully saturated rings. The fraction of sp³-hybridized carbons (Fsp3) is 0.364. The largest absolute Gasteiger partial charge is 0.454 e. The lowest BCUT2D eigenvalue weighted by molar-refractivity contribution is -0.118. The molecule has 1 amide bonds. The van der Waals surface area contributed by atoms with E-state index < -0.39 is 5.54 Å². The minimum absolute atomic E-state index is 0. The summed E-state index contributed by atoms with van der Waals surface area (Å²) in [4.78, 5) is 11.7. The topological polar surface area (TPSA) is 73.6 Å². The fourth-order valence-corrected chi connectivity index (χ4v) is 1.59. The molecule has 2 aliphatic rings. The van der Waals surface area contributed by atoms with Crippen LogP contribution in [0.3, 0.4) is 0 Å². The number of halogens is 1. The molecule has 1 saturated carbocycles. The van der Waals surface area contributed by atoms with Crippen molar-refractivity contribution in [1.29, 1.82) is 0 Å². The second kappa shape index (κ2) is 4.09. The van der Waals surface area contributed by atoms with Gasteiger partial charge in [-0.3, -0.25) is 4.79 Å². The van der Waals surface area contributed by atoms with E-state index in [4.69, 9.17) is 15.2 Å². The van der Waals surface area contributed by atoms with Crippen molar-refractivity contribution in [1.82, 2.24) is 0 Å². The summed E-state index contributed by atoms with van der Waals surface area (Å²) in [5.74, 6) is 1.22. The lowest BCUT2D eigenvalue weighted by atomic mass is 10.2. The third-order valence-corrected chi connectivity index (χ3v) is 2.87. The minimum Gasteiger partial charge on any atom is -0.454 e. The molecule has 0 bridgehead atoms. The quantitative estimate of drug-likeness (QED) is 0.836. The molecular weight excluding hydrogens is 244 g/mol. The highest BCUT2D eigenvalue weighted by Gasteiger charge is 2.45. The zero-order valence-electron chi connectivity index (χ0n) is 9.06. The van der Waals surface area contributed by atoms with E-state index >= 15 is 0 Å². The van der Waals surface area contributed by atoms with Crippen molar-refractivity contribution < 1.29 is 14.3 Å². The minimum atomic E-state index is -0.656. The Labute approximate surface area is 105 Å². The lowest BCUT2D eigenvalue weighted by Crippen LogP contribution is -2.37. The maximum Gasteiger partial charge on any atom is 0.244 e. The Hall–Kier alpha value is -1.46. The molecule has 1 aliphatic heterocycles. The van der Waals surface area contributed by atoms with Gasteiger partial charge in [0, 0.05) is 11.8 Å². The number of carbonyl (C=O) groups excluding carboxylic acids is 1. The van der Waals surface area contributed by atoms with Crippen LogP contribution < -0.4 is 20.5 Å². The first-order valence-electron chi connectivity index (χ1n) is 5.17. The molecule has 0 aromatic heterocycles. The summed E-state index contributed by atoms with van der Waals surface area (Å²) < 4.78 is 10.4. The second-order valence-corrected chi connectivity index (χ2v) is 4.18. The number of amides is 1. The van der Waals surface area contributed by atoms with Gasteiger partial charge in [0.15, 0.2) is 11.5 Å². The zero-order chi connectivity index (χ0) is 11.2. The average molecular weight is 257 g/mol. The number of carbonyl (C=O) groups is 1. The number of rotatable bonds is 2. The molecule has 92 valence electrons. The van der Waals surface area contributed by atoms with Crippen molar-refractivity contribution in [2.45, 2.75) is 18.4 Å². The first kappa shape index (κ1) is 12.0. The number of fused-ring (bicyclic) bond motifs is 1. The Morgan fingerprint density at radius 2 is 2.00 bits per heavy atom. The van der Waals surface area contributed by atoms with Crippen molar-refractivity contribution in [3.63, 3.8) is 0 Å². The number of benzene rings is 1. The molecule has 0 unspecified atom stereocenters. The van der Waals surface area contributed by atoms with Gasteiger partial charge < -0.3 is 20.5 Å². The van der Waals surface area contributed by atoms with Crippen LogP contribution in [0.2, 0.25) is 0 Å². The third-order valence-electron chi connectivity index (χ3n) is 2.87. The number of ether oxygens (including phenoxy) is 2. The summed E-state index contributed by atoms with van der Waals surface area (Å²) in [5, 5.41) is 2.77. The van der Waals surface area contributed by atoms with Gasteiger partial charge in [-0.05, 0) is 25.0 Å². The number of nitrogens with one attached hydrogen (secondary N) is 1.